The minimum atomic E-state index is -1.10. The van der Waals surface area contributed by atoms with E-state index in [-0.39, 0.29) is 23.0 Å². The van der Waals surface area contributed by atoms with Crippen molar-refractivity contribution in [3.8, 4) is 11.8 Å². The Morgan fingerprint density at radius 1 is 1.35 bits per heavy atom. The van der Waals surface area contributed by atoms with Crippen molar-refractivity contribution < 1.29 is 19.6 Å². The van der Waals surface area contributed by atoms with Crippen LogP contribution in [0.15, 0.2) is 35.1 Å². The zero-order valence-electron chi connectivity index (χ0n) is 9.69. The van der Waals surface area contributed by atoms with E-state index < -0.39 is 10.9 Å². The number of halogens is 1. The lowest BCUT2D eigenvalue weighted by Gasteiger charge is -2.06. The van der Waals surface area contributed by atoms with Crippen LogP contribution in [-0.4, -0.2) is 26.0 Å². The normalized spacial score (nSPS) is 10.1. The molecule has 0 aliphatic rings. The van der Waals surface area contributed by atoms with Gasteiger partial charge in [0.25, 0.3) is 0 Å². The van der Waals surface area contributed by atoms with Gasteiger partial charge in [-0.15, -0.1) is 0 Å². The lowest BCUT2D eigenvalue weighted by molar-refractivity contribution is -0.385. The average Bonchev–Trinajstić information content (AvgIpc) is 2.41. The third-order valence-electron chi connectivity index (χ3n) is 2.20. The van der Waals surface area contributed by atoms with Crippen LogP contribution in [0.1, 0.15) is 10.4 Å². The van der Waals surface area contributed by atoms with E-state index in [2.05, 4.69) is 25.9 Å². The van der Waals surface area contributed by atoms with Crippen LogP contribution in [0.4, 0.5) is 5.69 Å². The first kappa shape index (κ1) is 13.9. The molecule has 0 atom stereocenters. The molecule has 0 unspecified atom stereocenters. The number of hydrogen-bond acceptors (Lipinski definition) is 6. The fourth-order valence-electron chi connectivity index (χ4n) is 1.27. The summed E-state index contributed by atoms with van der Waals surface area (Å²) < 4.78 is 5.78. The van der Waals surface area contributed by atoms with Gasteiger partial charge in [0.05, 0.1) is 15.0 Å². The molecule has 9 heteroatoms. The lowest BCUT2D eigenvalue weighted by Crippen LogP contribution is -1.98. The highest BCUT2D eigenvalue weighted by Gasteiger charge is 2.12. The standard InChI is InChI=1S/C11H6BrN3O5/c12-8-2-1-6(10(16)17)3-9(8)20-11-13-4-7(5-14-11)15(18)19/h1-5H,(H,16,17). The van der Waals surface area contributed by atoms with Crippen molar-refractivity contribution in [1.29, 1.82) is 0 Å². The second kappa shape index (κ2) is 5.61. The van der Waals surface area contributed by atoms with Crippen molar-refractivity contribution in [2.45, 2.75) is 0 Å². The number of carboxylic acid groups (broad SMARTS) is 1. The average molecular weight is 340 g/mol. The lowest BCUT2D eigenvalue weighted by atomic mass is 10.2. The number of rotatable bonds is 4. The second-order valence-corrected chi connectivity index (χ2v) is 4.39. The summed E-state index contributed by atoms with van der Waals surface area (Å²) in [6.45, 7) is 0. The van der Waals surface area contributed by atoms with E-state index in [1.165, 1.54) is 18.2 Å². The summed E-state index contributed by atoms with van der Waals surface area (Å²) in [6.07, 6.45) is 1.99. The molecule has 0 saturated carbocycles. The van der Waals surface area contributed by atoms with Gasteiger partial charge in [0.1, 0.15) is 18.1 Å². The van der Waals surface area contributed by atoms with Crippen molar-refractivity contribution in [1.82, 2.24) is 9.97 Å². The summed E-state index contributed by atoms with van der Waals surface area (Å²) in [4.78, 5) is 28.0. The first-order valence-electron chi connectivity index (χ1n) is 5.14. The Morgan fingerprint density at radius 2 is 2.00 bits per heavy atom. The van der Waals surface area contributed by atoms with Gasteiger partial charge in [0.15, 0.2) is 0 Å². The molecule has 0 radical (unpaired) electrons. The van der Waals surface area contributed by atoms with Gasteiger partial charge in [-0.2, -0.15) is 9.97 Å². The highest BCUT2D eigenvalue weighted by atomic mass is 79.9. The maximum Gasteiger partial charge on any atom is 0.335 e. The minimum Gasteiger partial charge on any atom is -0.478 e. The van der Waals surface area contributed by atoms with E-state index in [4.69, 9.17) is 9.84 Å². The van der Waals surface area contributed by atoms with Crippen LogP contribution in [0, 0.1) is 10.1 Å². The molecule has 0 spiro atoms. The molecule has 8 nitrogen and oxygen atoms in total. The van der Waals surface area contributed by atoms with Gasteiger partial charge in [-0.3, -0.25) is 10.1 Å². The molecule has 2 rings (SSSR count). The predicted molar refractivity (Wildman–Crippen MR) is 69.9 cm³/mol. The van der Waals surface area contributed by atoms with Gasteiger partial charge < -0.3 is 9.84 Å². The molecule has 0 saturated heterocycles. The fraction of sp³-hybridized carbons (Fsp3) is 0. The Labute approximate surface area is 120 Å². The zero-order chi connectivity index (χ0) is 14.7. The monoisotopic (exact) mass is 339 g/mol. The maximum absolute atomic E-state index is 10.9. The Hall–Kier alpha value is -2.55. The zero-order valence-corrected chi connectivity index (χ0v) is 11.3. The van der Waals surface area contributed by atoms with Gasteiger partial charge in [0, 0.05) is 0 Å². The van der Waals surface area contributed by atoms with Crippen molar-refractivity contribution in [2.75, 3.05) is 0 Å². The fourth-order valence-corrected chi connectivity index (χ4v) is 1.60. The second-order valence-electron chi connectivity index (χ2n) is 3.53. The van der Waals surface area contributed by atoms with Gasteiger partial charge in [-0.05, 0) is 34.1 Å². The molecule has 0 aliphatic carbocycles. The Bertz CT molecular complexity index is 674. The Balaban J connectivity index is 2.27. The minimum absolute atomic E-state index is 0.0325. The summed E-state index contributed by atoms with van der Waals surface area (Å²) in [5.41, 5.74) is -0.235. The van der Waals surface area contributed by atoms with E-state index in [1.54, 1.807) is 0 Å². The largest absolute Gasteiger partial charge is 0.478 e. The van der Waals surface area contributed by atoms with Gasteiger partial charge >= 0.3 is 17.7 Å². The first-order valence-corrected chi connectivity index (χ1v) is 5.94. The number of carbonyl (C=O) groups is 1. The molecule has 1 heterocycles. The number of nitro groups is 1. The van der Waals surface area contributed by atoms with Crippen LogP contribution >= 0.6 is 15.9 Å². The quantitative estimate of drug-likeness (QED) is 0.672. The third kappa shape index (κ3) is 3.06. The topological polar surface area (TPSA) is 115 Å². The highest BCUT2D eigenvalue weighted by molar-refractivity contribution is 9.10. The molecule has 0 amide bonds. The van der Waals surface area contributed by atoms with Crippen molar-refractivity contribution in [2.24, 2.45) is 0 Å². The molecular formula is C11H6BrN3O5. The van der Waals surface area contributed by atoms with E-state index in [0.29, 0.717) is 4.47 Å². The van der Waals surface area contributed by atoms with Gasteiger partial charge in [-0.1, -0.05) is 0 Å². The smallest absolute Gasteiger partial charge is 0.335 e. The van der Waals surface area contributed by atoms with Crippen molar-refractivity contribution in [3.63, 3.8) is 0 Å². The number of aromatic carboxylic acids is 1. The third-order valence-corrected chi connectivity index (χ3v) is 2.86. The van der Waals surface area contributed by atoms with E-state index >= 15 is 0 Å². The van der Waals surface area contributed by atoms with Crippen LogP contribution in [0.5, 0.6) is 11.8 Å². The molecule has 0 fully saturated rings. The van der Waals surface area contributed by atoms with E-state index in [9.17, 15) is 14.9 Å². The molecule has 1 aromatic carbocycles. The first-order chi connectivity index (χ1) is 9.47. The van der Waals surface area contributed by atoms with Crippen molar-refractivity contribution in [3.05, 3.63) is 50.7 Å². The number of carboxylic acids is 1. The SMILES string of the molecule is O=C(O)c1ccc(Br)c(Oc2ncc([N+](=O)[O-])cn2)c1. The molecule has 1 aromatic heterocycles. The summed E-state index contributed by atoms with van der Waals surface area (Å²) >= 11 is 3.19. The molecule has 1 N–H and O–H groups in total. The Kier molecular flexibility index (Phi) is 3.89. The predicted octanol–water partition coefficient (Wildman–Crippen LogP) is 2.64. The van der Waals surface area contributed by atoms with E-state index in [0.717, 1.165) is 12.4 Å². The summed E-state index contributed by atoms with van der Waals surface area (Å²) in [5.74, 6) is -0.911. The summed E-state index contributed by atoms with van der Waals surface area (Å²) in [5, 5.41) is 19.3. The van der Waals surface area contributed by atoms with Crippen LogP contribution in [0.3, 0.4) is 0 Å². The molecule has 20 heavy (non-hydrogen) atoms. The molecule has 2 aromatic rings. The van der Waals surface area contributed by atoms with Crippen LogP contribution in [0.25, 0.3) is 0 Å². The number of aromatic nitrogens is 2. The van der Waals surface area contributed by atoms with Crippen LogP contribution in [0.2, 0.25) is 0 Å². The molecular weight excluding hydrogens is 334 g/mol. The maximum atomic E-state index is 10.9. The van der Waals surface area contributed by atoms with Gasteiger partial charge in [0.2, 0.25) is 0 Å². The van der Waals surface area contributed by atoms with Crippen LogP contribution < -0.4 is 4.74 Å². The summed E-state index contributed by atoms with van der Waals surface area (Å²) in [6, 6.07) is 4.07. The van der Waals surface area contributed by atoms with Gasteiger partial charge in [-0.25, -0.2) is 4.79 Å². The number of benzene rings is 1. The molecule has 102 valence electrons. The van der Waals surface area contributed by atoms with Crippen LogP contribution in [-0.2, 0) is 0 Å². The summed E-state index contributed by atoms with van der Waals surface area (Å²) in [7, 11) is 0. The molecule has 0 aliphatic heterocycles. The molecule has 0 bridgehead atoms. The number of ether oxygens (including phenoxy) is 1. The van der Waals surface area contributed by atoms with E-state index in [1.807, 2.05) is 0 Å². The number of nitrogens with zero attached hydrogens (tertiary/aromatic N) is 3. The Morgan fingerprint density at radius 3 is 2.55 bits per heavy atom. The highest BCUT2D eigenvalue weighted by Crippen LogP contribution is 2.29. The van der Waals surface area contributed by atoms with Crippen molar-refractivity contribution >= 4 is 27.6 Å². The number of hydrogen-bond donors (Lipinski definition) is 1.